The molecule has 0 radical (unpaired) electrons. The van der Waals surface area contributed by atoms with Crippen molar-refractivity contribution in [2.24, 2.45) is 5.92 Å². The summed E-state index contributed by atoms with van der Waals surface area (Å²) < 4.78 is 0. The van der Waals surface area contributed by atoms with Gasteiger partial charge in [0.15, 0.2) is 0 Å². The minimum absolute atomic E-state index is 0. The van der Waals surface area contributed by atoms with Crippen LogP contribution in [0.1, 0.15) is 19.3 Å². The molecule has 0 aromatic heterocycles. The topological polar surface area (TPSA) is 17.1 Å². The molecule has 1 nitrogen and oxygen atoms in total. The molecular weight excluding hydrogens is 272 g/mol. The van der Waals surface area contributed by atoms with Crippen LogP contribution >= 0.6 is 0 Å². The van der Waals surface area contributed by atoms with E-state index in [9.17, 15) is 4.79 Å². The van der Waals surface area contributed by atoms with Crippen molar-refractivity contribution in [2.45, 2.75) is 19.3 Å². The standard InChI is InChI=1S/C6H8O.W/c7-5-1-2-6-3-4-6;/h3,6H,1-2,4H2;/q-2;+2. The van der Waals surface area contributed by atoms with Gasteiger partial charge in [-0.05, 0) is 0 Å². The van der Waals surface area contributed by atoms with Crippen molar-refractivity contribution in [1.82, 2.24) is 0 Å². The predicted molar refractivity (Wildman–Crippen MR) is 27.3 cm³/mol. The molecule has 1 saturated carbocycles. The molecule has 0 saturated heterocycles. The smallest absolute Gasteiger partial charge is 0.542 e. The van der Waals surface area contributed by atoms with Gasteiger partial charge < -0.3 is 11.2 Å². The van der Waals surface area contributed by atoms with E-state index < -0.39 is 0 Å². The zero-order valence-corrected chi connectivity index (χ0v) is 7.53. The van der Waals surface area contributed by atoms with Gasteiger partial charge in [-0.25, -0.2) is 6.42 Å². The van der Waals surface area contributed by atoms with Gasteiger partial charge in [0.05, 0.1) is 0 Å². The van der Waals surface area contributed by atoms with E-state index in [0.29, 0.717) is 6.42 Å². The van der Waals surface area contributed by atoms with E-state index in [1.807, 2.05) is 6.29 Å². The summed E-state index contributed by atoms with van der Waals surface area (Å²) in [5.74, 6) is 0.765. The second kappa shape index (κ2) is 4.26. The monoisotopic (exact) mass is 280 g/mol. The van der Waals surface area contributed by atoms with Gasteiger partial charge in [0.25, 0.3) is 0 Å². The Morgan fingerprint density at radius 3 is 2.75 bits per heavy atom. The average molecular weight is 280 g/mol. The van der Waals surface area contributed by atoms with Gasteiger partial charge in [-0.2, -0.15) is 12.3 Å². The molecule has 0 aromatic carbocycles. The third-order valence-electron chi connectivity index (χ3n) is 1.19. The Hall–Kier alpha value is 0.358. The summed E-state index contributed by atoms with van der Waals surface area (Å²) >= 11 is 0. The largest absolute Gasteiger partial charge is 2.00 e. The van der Waals surface area contributed by atoms with Gasteiger partial charge in [0, 0.05) is 0 Å². The third kappa shape index (κ3) is 3.37. The van der Waals surface area contributed by atoms with Crippen LogP contribution in [0.2, 0.25) is 0 Å². The molecule has 0 aliphatic heterocycles. The molecule has 0 amide bonds. The van der Waals surface area contributed by atoms with Crippen LogP contribution in [0, 0.1) is 12.3 Å². The molecule has 0 aromatic rings. The first-order valence-corrected chi connectivity index (χ1v) is 2.62. The fraction of sp³-hybridized carbons (Fsp3) is 0.667. The number of hydrogen-bond acceptors (Lipinski definition) is 1. The van der Waals surface area contributed by atoms with Crippen LogP contribution in [0.4, 0.5) is 0 Å². The summed E-state index contributed by atoms with van der Waals surface area (Å²) in [4.78, 5) is 9.60. The van der Waals surface area contributed by atoms with Crippen LogP contribution in [0.25, 0.3) is 0 Å². The van der Waals surface area contributed by atoms with Crippen LogP contribution in [0.3, 0.4) is 0 Å². The van der Waals surface area contributed by atoms with E-state index in [-0.39, 0.29) is 21.1 Å². The van der Waals surface area contributed by atoms with Crippen molar-refractivity contribution < 1.29 is 25.9 Å². The molecule has 0 spiro atoms. The molecule has 1 atom stereocenters. The molecule has 1 aliphatic rings. The van der Waals surface area contributed by atoms with Gasteiger partial charge in [-0.1, -0.05) is 0 Å². The van der Waals surface area contributed by atoms with Crippen molar-refractivity contribution in [3.05, 3.63) is 6.42 Å². The second-order valence-corrected chi connectivity index (χ2v) is 1.91. The molecule has 1 rings (SSSR count). The minimum Gasteiger partial charge on any atom is -0.542 e. The van der Waals surface area contributed by atoms with Gasteiger partial charge in [-0.3, -0.25) is 6.29 Å². The fourth-order valence-electron chi connectivity index (χ4n) is 0.576. The van der Waals surface area contributed by atoms with E-state index in [1.165, 1.54) is 6.42 Å². The maximum Gasteiger partial charge on any atom is 2.00 e. The summed E-state index contributed by atoms with van der Waals surface area (Å²) in [7, 11) is 0. The molecule has 1 unspecified atom stereocenters. The van der Waals surface area contributed by atoms with Gasteiger partial charge in [0.2, 0.25) is 0 Å². The van der Waals surface area contributed by atoms with Crippen molar-refractivity contribution in [2.75, 3.05) is 0 Å². The van der Waals surface area contributed by atoms with E-state index in [2.05, 4.69) is 6.42 Å². The molecular formula is C6H8OW. The summed E-state index contributed by atoms with van der Waals surface area (Å²) in [5.41, 5.74) is 0. The van der Waals surface area contributed by atoms with Gasteiger partial charge >= 0.3 is 21.1 Å². The first kappa shape index (κ1) is 8.36. The maximum absolute atomic E-state index is 9.60. The predicted octanol–water partition coefficient (Wildman–Crippen LogP) is 1.10. The molecule has 0 N–H and O–H groups in total. The average Bonchev–Trinajstić information content (AvgIpc) is 2.42. The first-order valence-electron chi connectivity index (χ1n) is 2.62. The molecule has 44 valence electrons. The molecule has 0 heterocycles. The van der Waals surface area contributed by atoms with Crippen molar-refractivity contribution in [3.8, 4) is 0 Å². The molecule has 0 bridgehead atoms. The molecule has 8 heavy (non-hydrogen) atoms. The molecule has 1 aliphatic carbocycles. The summed E-state index contributed by atoms with van der Waals surface area (Å²) in [6.07, 6.45) is 6.97. The van der Waals surface area contributed by atoms with Crippen LogP contribution in [0.5, 0.6) is 0 Å². The minimum atomic E-state index is 0. The normalized spacial score (nSPS) is 23.8. The van der Waals surface area contributed by atoms with E-state index in [1.54, 1.807) is 0 Å². The van der Waals surface area contributed by atoms with E-state index >= 15 is 0 Å². The van der Waals surface area contributed by atoms with Crippen LogP contribution in [0.15, 0.2) is 0 Å². The zero-order chi connectivity index (χ0) is 5.11. The summed E-state index contributed by atoms with van der Waals surface area (Å²) in [6.45, 7) is 0. The first-order chi connectivity index (χ1) is 3.43. The van der Waals surface area contributed by atoms with E-state index in [0.717, 1.165) is 12.3 Å². The van der Waals surface area contributed by atoms with Crippen molar-refractivity contribution in [1.29, 1.82) is 0 Å². The Bertz CT molecular complexity index is 68.9. The quantitative estimate of drug-likeness (QED) is 0.707. The van der Waals surface area contributed by atoms with E-state index in [4.69, 9.17) is 0 Å². The second-order valence-electron chi connectivity index (χ2n) is 1.91. The Morgan fingerprint density at radius 1 is 1.75 bits per heavy atom. The Labute approximate surface area is 64.1 Å². The fourth-order valence-corrected chi connectivity index (χ4v) is 0.576. The van der Waals surface area contributed by atoms with Gasteiger partial charge in [0.1, 0.15) is 0 Å². The van der Waals surface area contributed by atoms with Crippen molar-refractivity contribution >= 4 is 6.29 Å². The molecule has 2 heteroatoms. The Balaban J connectivity index is 0.000000490. The Kier molecular flexibility index (Phi) is 4.45. The zero-order valence-electron chi connectivity index (χ0n) is 4.59. The third-order valence-corrected chi connectivity index (χ3v) is 1.19. The summed E-state index contributed by atoms with van der Waals surface area (Å²) in [5, 5.41) is 0. The maximum atomic E-state index is 9.60. The van der Waals surface area contributed by atoms with Crippen LogP contribution in [-0.2, 0) is 25.9 Å². The Morgan fingerprint density at radius 2 is 2.38 bits per heavy atom. The summed E-state index contributed by atoms with van der Waals surface area (Å²) in [6, 6.07) is 0. The number of rotatable bonds is 3. The van der Waals surface area contributed by atoms with Crippen LogP contribution in [-0.4, -0.2) is 6.29 Å². The van der Waals surface area contributed by atoms with Crippen LogP contribution < -0.4 is 0 Å². The number of carbonyl (C=O) groups excluding carboxylic acids is 1. The number of hydrogen-bond donors (Lipinski definition) is 0. The van der Waals surface area contributed by atoms with Gasteiger partial charge in [-0.15, -0.1) is 6.42 Å². The molecule has 1 fully saturated rings. The van der Waals surface area contributed by atoms with Crippen molar-refractivity contribution in [3.63, 3.8) is 0 Å². The SMILES string of the molecule is O=[C-]CCC1[CH-]C1.[W+2].